The molecular weight excluding hydrogens is 401 g/mol. The van der Waals surface area contributed by atoms with Crippen molar-refractivity contribution in [2.45, 2.75) is 0 Å². The maximum Gasteiger partial charge on any atom is 0.105 e. The molecule has 2 aromatic rings. The lowest BCUT2D eigenvalue weighted by Gasteiger charge is -1.94. The summed E-state index contributed by atoms with van der Waals surface area (Å²) in [4.78, 5) is 0. The number of aromatic nitrogens is 2. The van der Waals surface area contributed by atoms with E-state index in [1.54, 1.807) is 0 Å². The summed E-state index contributed by atoms with van der Waals surface area (Å²) in [5.74, 6) is 0. The van der Waals surface area contributed by atoms with Crippen molar-refractivity contribution >= 4 is 67.7 Å². The third-order valence-corrected chi connectivity index (χ3v) is 3.38. The third kappa shape index (κ3) is 1.44. The van der Waals surface area contributed by atoms with Crippen molar-refractivity contribution < 1.29 is 0 Å². The van der Waals surface area contributed by atoms with Gasteiger partial charge in [0.15, 0.2) is 0 Å². The Labute approximate surface area is 101 Å². The Kier molecular flexibility index (Phi) is 2.48. The number of benzene rings is 1. The number of H-pyrrole nitrogens is 1. The average Bonchev–Trinajstić information content (AvgIpc) is 2.31. The highest BCUT2D eigenvalue weighted by Crippen LogP contribution is 2.26. The van der Waals surface area contributed by atoms with E-state index >= 15 is 0 Å². The molecule has 0 amide bonds. The average molecular weight is 404 g/mol. The molecule has 0 saturated carbocycles. The molecule has 5 heteroatoms. The fourth-order valence-corrected chi connectivity index (χ4v) is 3.51. The molecule has 1 heterocycles. The zero-order chi connectivity index (χ0) is 8.72. The fourth-order valence-electron chi connectivity index (χ4n) is 1.03. The van der Waals surface area contributed by atoms with Crippen LogP contribution < -0.4 is 0 Å². The van der Waals surface area contributed by atoms with Gasteiger partial charge in [-0.15, -0.1) is 0 Å². The van der Waals surface area contributed by atoms with Gasteiger partial charge < -0.3 is 0 Å². The summed E-state index contributed by atoms with van der Waals surface area (Å²) in [7, 11) is 0. The number of hydrogen-bond donors (Lipinski definition) is 1. The first-order chi connectivity index (χ1) is 5.68. The quantitative estimate of drug-likeness (QED) is 0.670. The molecule has 2 rings (SSSR count). The SMILES string of the molecule is Clc1cc(I)c2c(I)[nH]nc2c1. The molecule has 0 spiro atoms. The van der Waals surface area contributed by atoms with Crippen molar-refractivity contribution in [3.63, 3.8) is 0 Å². The Morgan fingerprint density at radius 3 is 2.83 bits per heavy atom. The molecule has 1 aromatic carbocycles. The molecule has 1 N–H and O–H groups in total. The van der Waals surface area contributed by atoms with Crippen molar-refractivity contribution in [2.75, 3.05) is 0 Å². The molecule has 0 unspecified atom stereocenters. The zero-order valence-electron chi connectivity index (χ0n) is 5.74. The van der Waals surface area contributed by atoms with E-state index in [-0.39, 0.29) is 0 Å². The van der Waals surface area contributed by atoms with Gasteiger partial charge in [-0.2, -0.15) is 5.10 Å². The largest absolute Gasteiger partial charge is 0.271 e. The molecule has 0 fully saturated rings. The minimum atomic E-state index is 0.731. The molecule has 1 aromatic heterocycles. The Morgan fingerprint density at radius 1 is 1.33 bits per heavy atom. The van der Waals surface area contributed by atoms with Crippen LogP contribution >= 0.6 is 56.8 Å². The molecule has 62 valence electrons. The number of hydrogen-bond acceptors (Lipinski definition) is 1. The maximum absolute atomic E-state index is 5.87. The van der Waals surface area contributed by atoms with Crippen LogP contribution in [0.2, 0.25) is 5.02 Å². The van der Waals surface area contributed by atoms with Gasteiger partial charge in [0.2, 0.25) is 0 Å². The van der Waals surface area contributed by atoms with E-state index in [1.165, 1.54) is 0 Å². The van der Waals surface area contributed by atoms with Crippen LogP contribution in [0.3, 0.4) is 0 Å². The van der Waals surface area contributed by atoms with Crippen LogP contribution in [-0.2, 0) is 0 Å². The Hall–Kier alpha value is 0.440. The third-order valence-electron chi connectivity index (χ3n) is 1.53. The van der Waals surface area contributed by atoms with Crippen molar-refractivity contribution in [1.29, 1.82) is 0 Å². The van der Waals surface area contributed by atoms with E-state index in [4.69, 9.17) is 11.6 Å². The molecule has 0 aliphatic carbocycles. The van der Waals surface area contributed by atoms with Gasteiger partial charge in [0, 0.05) is 14.0 Å². The lowest BCUT2D eigenvalue weighted by molar-refractivity contribution is 1.09. The minimum Gasteiger partial charge on any atom is -0.271 e. The van der Waals surface area contributed by atoms with E-state index in [2.05, 4.69) is 55.4 Å². The minimum absolute atomic E-state index is 0.731. The Morgan fingerprint density at radius 2 is 2.08 bits per heavy atom. The molecule has 0 saturated heterocycles. The number of nitrogens with zero attached hydrogens (tertiary/aromatic N) is 1. The summed E-state index contributed by atoms with van der Waals surface area (Å²) < 4.78 is 2.19. The molecule has 0 aliphatic heterocycles. The van der Waals surface area contributed by atoms with E-state index in [9.17, 15) is 0 Å². The van der Waals surface area contributed by atoms with Gasteiger partial charge in [0.05, 0.1) is 5.52 Å². The zero-order valence-corrected chi connectivity index (χ0v) is 10.8. The van der Waals surface area contributed by atoms with E-state index in [0.717, 1.165) is 23.2 Å². The lowest BCUT2D eigenvalue weighted by atomic mass is 10.3. The summed E-state index contributed by atoms with van der Waals surface area (Å²) >= 11 is 10.4. The number of fused-ring (bicyclic) bond motifs is 1. The first kappa shape index (κ1) is 9.01. The van der Waals surface area contributed by atoms with Gasteiger partial charge in [-0.25, -0.2) is 0 Å². The van der Waals surface area contributed by atoms with E-state index in [1.807, 2.05) is 12.1 Å². The predicted molar refractivity (Wildman–Crippen MR) is 66.5 cm³/mol. The topological polar surface area (TPSA) is 28.7 Å². The second-order valence-corrected chi connectivity index (χ2v) is 5.00. The van der Waals surface area contributed by atoms with E-state index < -0.39 is 0 Å². The number of halogens is 3. The van der Waals surface area contributed by atoms with Crippen LogP contribution in [0, 0.1) is 7.27 Å². The normalized spacial score (nSPS) is 10.9. The highest BCUT2D eigenvalue weighted by Gasteiger charge is 2.07. The van der Waals surface area contributed by atoms with Gasteiger partial charge in [0.1, 0.15) is 3.70 Å². The Balaban J connectivity index is 2.93. The Bertz CT molecular complexity index is 438. The molecular formula is C7H3ClI2N2. The lowest BCUT2D eigenvalue weighted by Crippen LogP contribution is -1.76. The van der Waals surface area contributed by atoms with Crippen LogP contribution in [0.25, 0.3) is 10.9 Å². The fraction of sp³-hybridized carbons (Fsp3) is 0. The second-order valence-electron chi connectivity index (χ2n) is 2.32. The van der Waals surface area contributed by atoms with Crippen molar-refractivity contribution in [3.8, 4) is 0 Å². The maximum atomic E-state index is 5.87. The monoisotopic (exact) mass is 404 g/mol. The van der Waals surface area contributed by atoms with Crippen LogP contribution in [0.5, 0.6) is 0 Å². The van der Waals surface area contributed by atoms with Crippen molar-refractivity contribution in [1.82, 2.24) is 10.2 Å². The number of rotatable bonds is 0. The summed E-state index contributed by atoms with van der Waals surface area (Å²) in [6.45, 7) is 0. The summed E-state index contributed by atoms with van der Waals surface area (Å²) in [6, 6.07) is 3.79. The first-order valence-corrected chi connectivity index (χ1v) is 5.70. The molecule has 0 radical (unpaired) electrons. The van der Waals surface area contributed by atoms with Gasteiger partial charge in [-0.3, -0.25) is 5.10 Å². The van der Waals surface area contributed by atoms with Gasteiger partial charge in [-0.1, -0.05) is 11.6 Å². The smallest absolute Gasteiger partial charge is 0.105 e. The number of aromatic amines is 1. The van der Waals surface area contributed by atoms with Crippen LogP contribution in [0.4, 0.5) is 0 Å². The standard InChI is InChI=1S/C7H3ClI2N2/c8-3-1-4(9)6-5(2-3)11-12-7(6)10/h1-2H,(H,11,12). The van der Waals surface area contributed by atoms with E-state index in [0.29, 0.717) is 0 Å². The molecule has 0 aliphatic rings. The van der Waals surface area contributed by atoms with Gasteiger partial charge >= 0.3 is 0 Å². The van der Waals surface area contributed by atoms with Gasteiger partial charge in [0.25, 0.3) is 0 Å². The summed E-state index contributed by atoms with van der Waals surface area (Å²) in [5.41, 5.74) is 0.927. The molecule has 12 heavy (non-hydrogen) atoms. The number of nitrogens with one attached hydrogen (secondary N) is 1. The van der Waals surface area contributed by atoms with Crippen molar-refractivity contribution in [2.24, 2.45) is 0 Å². The van der Waals surface area contributed by atoms with Crippen LogP contribution in [-0.4, -0.2) is 10.2 Å². The van der Waals surface area contributed by atoms with Crippen molar-refractivity contribution in [3.05, 3.63) is 24.4 Å². The molecule has 0 atom stereocenters. The van der Waals surface area contributed by atoms with Crippen LogP contribution in [0.15, 0.2) is 12.1 Å². The predicted octanol–water partition coefficient (Wildman–Crippen LogP) is 3.43. The van der Waals surface area contributed by atoms with Gasteiger partial charge in [-0.05, 0) is 57.3 Å². The summed E-state index contributed by atoms with van der Waals surface area (Å²) in [5, 5.41) is 8.92. The molecule has 0 bridgehead atoms. The van der Waals surface area contributed by atoms with Crippen LogP contribution in [0.1, 0.15) is 0 Å². The first-order valence-electron chi connectivity index (χ1n) is 3.17. The second kappa shape index (κ2) is 3.30. The highest BCUT2D eigenvalue weighted by molar-refractivity contribution is 14.1. The highest BCUT2D eigenvalue weighted by atomic mass is 127. The molecule has 2 nitrogen and oxygen atoms in total. The summed E-state index contributed by atoms with van der Waals surface area (Å²) in [6.07, 6.45) is 0.